The summed E-state index contributed by atoms with van der Waals surface area (Å²) in [6.45, 7) is 3.25. The van der Waals surface area contributed by atoms with E-state index in [4.69, 9.17) is 0 Å². The van der Waals surface area contributed by atoms with Crippen molar-refractivity contribution in [1.29, 1.82) is 0 Å². The largest absolute Gasteiger partial charge is 0.326 e. The summed E-state index contributed by atoms with van der Waals surface area (Å²) in [7, 11) is -2.07. The highest BCUT2D eigenvalue weighted by atomic mass is 32.2. The maximum Gasteiger partial charge on any atom is 0.255 e. The van der Waals surface area contributed by atoms with E-state index in [1.165, 1.54) is 23.4 Å². The Bertz CT molecular complexity index is 1080. The molecule has 0 saturated heterocycles. The fourth-order valence-electron chi connectivity index (χ4n) is 3.84. The maximum absolute atomic E-state index is 13.1. The molecule has 0 aromatic heterocycles. The summed E-state index contributed by atoms with van der Waals surface area (Å²) in [6, 6.07) is 11.3. The van der Waals surface area contributed by atoms with Gasteiger partial charge in [-0.2, -0.15) is 4.31 Å². The average Bonchev–Trinajstić information content (AvgIpc) is 2.75. The molecule has 7 nitrogen and oxygen atoms in total. The third kappa shape index (κ3) is 5.51. The van der Waals surface area contributed by atoms with E-state index >= 15 is 0 Å². The van der Waals surface area contributed by atoms with Crippen molar-refractivity contribution in [1.82, 2.24) is 4.31 Å². The van der Waals surface area contributed by atoms with Crippen LogP contribution in [0.5, 0.6) is 0 Å². The highest BCUT2D eigenvalue weighted by Crippen LogP contribution is 2.27. The molecule has 0 spiro atoms. The van der Waals surface area contributed by atoms with Crippen molar-refractivity contribution in [2.75, 3.05) is 17.7 Å². The van der Waals surface area contributed by atoms with Crippen LogP contribution in [-0.2, 0) is 14.8 Å². The number of carbonyl (C=O) groups is 2. The number of benzene rings is 2. The number of sulfonamides is 1. The fourth-order valence-corrected chi connectivity index (χ4v) is 5.30. The van der Waals surface area contributed by atoms with E-state index in [2.05, 4.69) is 10.6 Å². The molecule has 3 rings (SSSR count). The van der Waals surface area contributed by atoms with Gasteiger partial charge in [-0.1, -0.05) is 31.4 Å². The molecule has 1 aliphatic carbocycles. The Morgan fingerprint density at radius 2 is 1.71 bits per heavy atom. The molecule has 2 aromatic rings. The summed E-state index contributed by atoms with van der Waals surface area (Å²) in [5.74, 6) is -0.624. The number of nitrogens with zero attached hydrogens (tertiary/aromatic N) is 1. The van der Waals surface area contributed by atoms with E-state index < -0.39 is 15.9 Å². The zero-order chi connectivity index (χ0) is 22.6. The van der Waals surface area contributed by atoms with Gasteiger partial charge in [0.15, 0.2) is 0 Å². The van der Waals surface area contributed by atoms with Gasteiger partial charge in [0.05, 0.1) is 4.90 Å². The zero-order valence-corrected chi connectivity index (χ0v) is 19.0. The molecule has 2 aromatic carbocycles. The van der Waals surface area contributed by atoms with Crippen LogP contribution in [0.3, 0.4) is 0 Å². The Kier molecular flexibility index (Phi) is 7.12. The van der Waals surface area contributed by atoms with Crippen LogP contribution >= 0.6 is 0 Å². The lowest BCUT2D eigenvalue weighted by molar-refractivity contribution is -0.114. The number of rotatable bonds is 6. The number of nitrogens with one attached hydrogen (secondary N) is 2. The van der Waals surface area contributed by atoms with Crippen molar-refractivity contribution >= 4 is 33.2 Å². The van der Waals surface area contributed by atoms with Crippen molar-refractivity contribution in [2.24, 2.45) is 0 Å². The number of hydrogen-bond donors (Lipinski definition) is 2. The van der Waals surface area contributed by atoms with Crippen molar-refractivity contribution in [2.45, 2.75) is 56.9 Å². The standard InChI is InChI=1S/C23H29N3O4S/c1-16-12-13-19(24-17(2)27)15-22(16)25-23(28)18-8-7-11-21(14-18)31(29,30)26(3)20-9-5-4-6-10-20/h7-8,11-15,20H,4-6,9-10H2,1-3H3,(H,24,27)(H,25,28). The van der Waals surface area contributed by atoms with Crippen LogP contribution in [-0.4, -0.2) is 37.6 Å². The third-order valence-electron chi connectivity index (χ3n) is 5.67. The van der Waals surface area contributed by atoms with Crippen molar-refractivity contribution in [3.05, 3.63) is 53.6 Å². The first-order chi connectivity index (χ1) is 14.7. The van der Waals surface area contributed by atoms with Gasteiger partial charge in [0.1, 0.15) is 0 Å². The molecule has 0 atom stereocenters. The fraction of sp³-hybridized carbons (Fsp3) is 0.391. The Balaban J connectivity index is 1.81. The molecule has 2 amide bonds. The first-order valence-electron chi connectivity index (χ1n) is 10.5. The summed E-state index contributed by atoms with van der Waals surface area (Å²) in [5.41, 5.74) is 2.19. The minimum atomic E-state index is -3.69. The normalized spacial score (nSPS) is 15.0. The second-order valence-corrected chi connectivity index (χ2v) is 10.0. The van der Waals surface area contributed by atoms with Crippen molar-refractivity contribution in [3.8, 4) is 0 Å². The van der Waals surface area contributed by atoms with E-state index in [9.17, 15) is 18.0 Å². The topological polar surface area (TPSA) is 95.6 Å². The SMILES string of the molecule is CC(=O)Nc1ccc(C)c(NC(=O)c2cccc(S(=O)(=O)N(C)C3CCCCC3)c2)c1. The molecule has 166 valence electrons. The maximum atomic E-state index is 13.1. The van der Waals surface area contributed by atoms with Gasteiger partial charge < -0.3 is 10.6 Å². The Labute approximate surface area is 183 Å². The molecule has 1 saturated carbocycles. The molecule has 8 heteroatoms. The summed E-state index contributed by atoms with van der Waals surface area (Å²) in [6.07, 6.45) is 4.93. The molecule has 0 radical (unpaired) electrons. The van der Waals surface area contributed by atoms with E-state index in [1.807, 2.05) is 6.92 Å². The van der Waals surface area contributed by atoms with Gasteiger partial charge in [-0.25, -0.2) is 8.42 Å². The molecule has 0 bridgehead atoms. The summed E-state index contributed by atoms with van der Waals surface area (Å²) >= 11 is 0. The van der Waals surface area contributed by atoms with Gasteiger partial charge in [-0.05, 0) is 55.7 Å². The first-order valence-corrected chi connectivity index (χ1v) is 11.9. The predicted octanol–water partition coefficient (Wildman–Crippen LogP) is 4.16. The molecule has 0 heterocycles. The molecular formula is C23H29N3O4S. The van der Waals surface area contributed by atoms with E-state index in [0.717, 1.165) is 37.7 Å². The molecule has 0 aliphatic heterocycles. The average molecular weight is 444 g/mol. The van der Waals surface area contributed by atoms with Crippen LogP contribution in [0.15, 0.2) is 47.4 Å². The van der Waals surface area contributed by atoms with Gasteiger partial charge in [0.2, 0.25) is 15.9 Å². The van der Waals surface area contributed by atoms with Gasteiger partial charge in [0, 0.05) is 37.0 Å². The molecular weight excluding hydrogens is 414 g/mol. The summed E-state index contributed by atoms with van der Waals surface area (Å²) < 4.78 is 27.7. The van der Waals surface area contributed by atoms with Crippen LogP contribution < -0.4 is 10.6 Å². The third-order valence-corrected chi connectivity index (χ3v) is 7.57. The zero-order valence-electron chi connectivity index (χ0n) is 18.1. The Hall–Kier alpha value is -2.71. The number of anilines is 2. The monoisotopic (exact) mass is 443 g/mol. The summed E-state index contributed by atoms with van der Waals surface area (Å²) in [4.78, 5) is 24.2. The van der Waals surface area contributed by atoms with Crippen LogP contribution in [0.4, 0.5) is 11.4 Å². The van der Waals surface area contributed by atoms with Crippen LogP contribution in [0.2, 0.25) is 0 Å². The number of carbonyl (C=O) groups excluding carboxylic acids is 2. The van der Waals surface area contributed by atoms with Crippen LogP contribution in [0, 0.1) is 6.92 Å². The van der Waals surface area contributed by atoms with Crippen LogP contribution in [0.25, 0.3) is 0 Å². The Morgan fingerprint density at radius 1 is 1.00 bits per heavy atom. The minimum Gasteiger partial charge on any atom is -0.326 e. The van der Waals surface area contributed by atoms with Gasteiger partial charge in [-0.15, -0.1) is 0 Å². The number of aryl methyl sites for hydroxylation is 1. The van der Waals surface area contributed by atoms with Gasteiger partial charge in [-0.3, -0.25) is 9.59 Å². The highest BCUT2D eigenvalue weighted by Gasteiger charge is 2.29. The second-order valence-electron chi connectivity index (χ2n) is 8.01. The lowest BCUT2D eigenvalue weighted by Gasteiger charge is -2.30. The minimum absolute atomic E-state index is 0.00426. The molecule has 1 aliphatic rings. The van der Waals surface area contributed by atoms with Crippen molar-refractivity contribution < 1.29 is 18.0 Å². The number of hydrogen-bond acceptors (Lipinski definition) is 4. The molecule has 1 fully saturated rings. The van der Waals surface area contributed by atoms with E-state index in [-0.39, 0.29) is 22.4 Å². The van der Waals surface area contributed by atoms with Crippen molar-refractivity contribution in [3.63, 3.8) is 0 Å². The number of amides is 2. The lowest BCUT2D eigenvalue weighted by Crippen LogP contribution is -2.38. The van der Waals surface area contributed by atoms with E-state index in [1.54, 1.807) is 37.4 Å². The lowest BCUT2D eigenvalue weighted by atomic mass is 9.96. The van der Waals surface area contributed by atoms with E-state index in [0.29, 0.717) is 11.4 Å². The van der Waals surface area contributed by atoms with Crippen LogP contribution in [0.1, 0.15) is 54.9 Å². The molecule has 2 N–H and O–H groups in total. The summed E-state index contributed by atoms with van der Waals surface area (Å²) in [5, 5.41) is 5.50. The highest BCUT2D eigenvalue weighted by molar-refractivity contribution is 7.89. The first kappa shape index (κ1) is 23.0. The quantitative estimate of drug-likeness (QED) is 0.701. The molecule has 31 heavy (non-hydrogen) atoms. The predicted molar refractivity (Wildman–Crippen MR) is 122 cm³/mol. The Morgan fingerprint density at radius 3 is 2.39 bits per heavy atom. The van der Waals surface area contributed by atoms with Gasteiger partial charge >= 0.3 is 0 Å². The van der Waals surface area contributed by atoms with Gasteiger partial charge in [0.25, 0.3) is 5.91 Å². The molecule has 0 unspecified atom stereocenters. The second kappa shape index (κ2) is 9.62. The smallest absolute Gasteiger partial charge is 0.255 e.